The lowest BCUT2D eigenvalue weighted by Crippen LogP contribution is -2.37. The predicted octanol–water partition coefficient (Wildman–Crippen LogP) is 2.94. The molecule has 2 nitrogen and oxygen atoms in total. The predicted molar refractivity (Wildman–Crippen MR) is 64.2 cm³/mol. The van der Waals surface area contributed by atoms with Gasteiger partial charge in [0.1, 0.15) is 0 Å². The van der Waals surface area contributed by atoms with Crippen LogP contribution in [0.15, 0.2) is 43.0 Å². The number of benzene rings is 1. The Morgan fingerprint density at radius 3 is 2.50 bits per heavy atom. The molecule has 2 heteroatoms. The van der Waals surface area contributed by atoms with Gasteiger partial charge >= 0.3 is 0 Å². The number of rotatable bonds is 6. The molecule has 0 atom stereocenters. The molecule has 0 amide bonds. The van der Waals surface area contributed by atoms with Crippen molar-refractivity contribution < 1.29 is 9.47 Å². The molecular weight excluding hydrogens is 200 g/mol. The average Bonchev–Trinajstić information content (AvgIpc) is 2.28. The summed E-state index contributed by atoms with van der Waals surface area (Å²) in [7, 11) is 0. The van der Waals surface area contributed by atoms with E-state index in [0.29, 0.717) is 25.4 Å². The molecule has 0 N–H and O–H groups in total. The smallest absolute Gasteiger partial charge is 0.0720 e. The lowest BCUT2D eigenvalue weighted by molar-refractivity contribution is -0.101. The van der Waals surface area contributed by atoms with Crippen molar-refractivity contribution in [3.8, 4) is 0 Å². The maximum atomic E-state index is 5.77. The van der Waals surface area contributed by atoms with E-state index in [0.717, 1.165) is 12.8 Å². The first-order valence-electron chi connectivity index (χ1n) is 5.76. The average molecular weight is 218 g/mol. The monoisotopic (exact) mass is 218 g/mol. The molecule has 0 radical (unpaired) electrons. The highest BCUT2D eigenvalue weighted by molar-refractivity contribution is 5.13. The zero-order valence-corrected chi connectivity index (χ0v) is 9.47. The Balaban J connectivity index is 1.61. The van der Waals surface area contributed by atoms with Crippen LogP contribution in [0.2, 0.25) is 0 Å². The van der Waals surface area contributed by atoms with Gasteiger partial charge in [-0.15, -0.1) is 6.58 Å². The van der Waals surface area contributed by atoms with Crippen molar-refractivity contribution >= 4 is 0 Å². The molecule has 1 fully saturated rings. The van der Waals surface area contributed by atoms with E-state index in [-0.39, 0.29) is 0 Å². The summed E-state index contributed by atoms with van der Waals surface area (Å²) in [5.74, 6) is 0. The van der Waals surface area contributed by atoms with Crippen LogP contribution >= 0.6 is 0 Å². The molecule has 2 rings (SSSR count). The molecule has 0 spiro atoms. The molecule has 86 valence electrons. The third-order valence-electron chi connectivity index (χ3n) is 2.83. The zero-order chi connectivity index (χ0) is 11.2. The van der Waals surface area contributed by atoms with Crippen molar-refractivity contribution in [2.45, 2.75) is 31.7 Å². The van der Waals surface area contributed by atoms with E-state index < -0.39 is 0 Å². The van der Waals surface area contributed by atoms with Gasteiger partial charge in [0.15, 0.2) is 0 Å². The second-order valence-corrected chi connectivity index (χ2v) is 4.13. The lowest BCUT2D eigenvalue weighted by Gasteiger charge is -2.34. The van der Waals surface area contributed by atoms with E-state index in [1.54, 1.807) is 6.08 Å². The van der Waals surface area contributed by atoms with Gasteiger partial charge in [-0.3, -0.25) is 0 Å². The van der Waals surface area contributed by atoms with E-state index in [1.165, 1.54) is 5.56 Å². The number of hydrogen-bond donors (Lipinski definition) is 0. The van der Waals surface area contributed by atoms with Gasteiger partial charge in [-0.2, -0.15) is 0 Å². The van der Waals surface area contributed by atoms with Crippen LogP contribution in [0.1, 0.15) is 18.4 Å². The molecule has 1 saturated carbocycles. The topological polar surface area (TPSA) is 18.5 Å². The highest BCUT2D eigenvalue weighted by atomic mass is 16.5. The van der Waals surface area contributed by atoms with Crippen LogP contribution in [0.5, 0.6) is 0 Å². The highest BCUT2D eigenvalue weighted by Crippen LogP contribution is 2.27. The Labute approximate surface area is 96.9 Å². The van der Waals surface area contributed by atoms with Crippen LogP contribution in [-0.2, 0) is 16.1 Å². The molecule has 0 bridgehead atoms. The van der Waals surface area contributed by atoms with Crippen LogP contribution in [-0.4, -0.2) is 18.8 Å². The molecule has 1 aromatic carbocycles. The van der Waals surface area contributed by atoms with Gasteiger partial charge < -0.3 is 9.47 Å². The first-order chi connectivity index (χ1) is 7.88. The molecule has 16 heavy (non-hydrogen) atoms. The first-order valence-corrected chi connectivity index (χ1v) is 5.76. The van der Waals surface area contributed by atoms with E-state index in [9.17, 15) is 0 Å². The van der Waals surface area contributed by atoms with Gasteiger partial charge in [0, 0.05) is 0 Å². The summed E-state index contributed by atoms with van der Waals surface area (Å²) in [5.41, 5.74) is 1.23. The summed E-state index contributed by atoms with van der Waals surface area (Å²) in [5, 5.41) is 0. The third-order valence-corrected chi connectivity index (χ3v) is 2.83. The van der Waals surface area contributed by atoms with Crippen molar-refractivity contribution in [1.82, 2.24) is 0 Å². The van der Waals surface area contributed by atoms with Crippen LogP contribution in [0.3, 0.4) is 0 Å². The number of hydrogen-bond acceptors (Lipinski definition) is 2. The van der Waals surface area contributed by atoms with Crippen LogP contribution < -0.4 is 0 Å². The van der Waals surface area contributed by atoms with Gasteiger partial charge in [-0.1, -0.05) is 36.4 Å². The summed E-state index contributed by atoms with van der Waals surface area (Å²) < 4.78 is 11.3. The molecule has 0 unspecified atom stereocenters. The molecule has 1 aliphatic rings. The SMILES string of the molecule is C=CCOC1CC(OCc2ccccc2)C1. The molecule has 0 saturated heterocycles. The number of ether oxygens (including phenoxy) is 2. The Hall–Kier alpha value is -1.12. The van der Waals surface area contributed by atoms with Crippen LogP contribution in [0.4, 0.5) is 0 Å². The second kappa shape index (κ2) is 5.83. The maximum Gasteiger partial charge on any atom is 0.0720 e. The summed E-state index contributed by atoms with van der Waals surface area (Å²) >= 11 is 0. The highest BCUT2D eigenvalue weighted by Gasteiger charge is 2.30. The van der Waals surface area contributed by atoms with Gasteiger partial charge in [-0.25, -0.2) is 0 Å². The lowest BCUT2D eigenvalue weighted by atomic mass is 9.92. The standard InChI is InChI=1S/C14H18O2/c1-2-8-15-13-9-14(10-13)16-11-12-6-4-3-5-7-12/h2-7,13-14H,1,8-11H2. The van der Waals surface area contributed by atoms with E-state index in [2.05, 4.69) is 18.7 Å². The quantitative estimate of drug-likeness (QED) is 0.683. The fourth-order valence-corrected chi connectivity index (χ4v) is 1.78. The van der Waals surface area contributed by atoms with Crippen molar-refractivity contribution in [3.63, 3.8) is 0 Å². The van der Waals surface area contributed by atoms with Crippen molar-refractivity contribution in [2.75, 3.05) is 6.61 Å². The molecule has 0 aromatic heterocycles. The minimum absolute atomic E-state index is 0.370. The summed E-state index contributed by atoms with van der Waals surface area (Å²) in [4.78, 5) is 0. The Kier molecular flexibility index (Phi) is 4.14. The van der Waals surface area contributed by atoms with E-state index in [1.807, 2.05) is 18.2 Å². The summed E-state index contributed by atoms with van der Waals surface area (Å²) in [6.07, 6.45) is 4.56. The van der Waals surface area contributed by atoms with Gasteiger partial charge in [0.05, 0.1) is 25.4 Å². The summed E-state index contributed by atoms with van der Waals surface area (Å²) in [6, 6.07) is 10.3. The molecule has 0 aliphatic heterocycles. The van der Waals surface area contributed by atoms with Crippen molar-refractivity contribution in [3.05, 3.63) is 48.6 Å². The third kappa shape index (κ3) is 3.19. The Morgan fingerprint density at radius 1 is 1.12 bits per heavy atom. The molecule has 0 heterocycles. The van der Waals surface area contributed by atoms with Gasteiger partial charge in [0.2, 0.25) is 0 Å². The Bertz CT molecular complexity index is 315. The fraction of sp³-hybridized carbons (Fsp3) is 0.429. The summed E-state index contributed by atoms with van der Waals surface area (Å²) in [6.45, 7) is 4.99. The second-order valence-electron chi connectivity index (χ2n) is 4.13. The molecular formula is C14H18O2. The molecule has 1 aliphatic carbocycles. The van der Waals surface area contributed by atoms with E-state index in [4.69, 9.17) is 9.47 Å². The minimum Gasteiger partial charge on any atom is -0.374 e. The Morgan fingerprint density at radius 2 is 1.81 bits per heavy atom. The normalized spacial score (nSPS) is 23.8. The maximum absolute atomic E-state index is 5.77. The van der Waals surface area contributed by atoms with Gasteiger partial charge in [-0.05, 0) is 18.4 Å². The van der Waals surface area contributed by atoms with Crippen LogP contribution in [0.25, 0.3) is 0 Å². The van der Waals surface area contributed by atoms with Crippen LogP contribution in [0, 0.1) is 0 Å². The van der Waals surface area contributed by atoms with Crippen molar-refractivity contribution in [2.24, 2.45) is 0 Å². The fourth-order valence-electron chi connectivity index (χ4n) is 1.78. The zero-order valence-electron chi connectivity index (χ0n) is 9.47. The van der Waals surface area contributed by atoms with E-state index >= 15 is 0 Å². The van der Waals surface area contributed by atoms with Crippen molar-refractivity contribution in [1.29, 1.82) is 0 Å². The first kappa shape index (κ1) is 11.4. The largest absolute Gasteiger partial charge is 0.374 e. The minimum atomic E-state index is 0.370. The molecule has 1 aromatic rings. The van der Waals surface area contributed by atoms with Gasteiger partial charge in [0.25, 0.3) is 0 Å².